The van der Waals surface area contributed by atoms with Gasteiger partial charge in [-0.15, -0.1) is 0 Å². The summed E-state index contributed by atoms with van der Waals surface area (Å²) in [6.45, 7) is 0. The van der Waals surface area contributed by atoms with Gasteiger partial charge in [0.1, 0.15) is 0 Å². The molecule has 9 nitrogen and oxygen atoms in total. The zero-order valence-corrected chi connectivity index (χ0v) is 8.18. The summed E-state index contributed by atoms with van der Waals surface area (Å²) in [5.74, 6) is 0. The van der Waals surface area contributed by atoms with Crippen molar-refractivity contribution in [1.82, 2.24) is 15.2 Å². The molecule has 0 spiro atoms. The van der Waals surface area contributed by atoms with E-state index in [-0.39, 0.29) is 0 Å². The largest absolute Gasteiger partial charge is 0.631 e. The zero-order chi connectivity index (χ0) is 11.9. The number of rotatable bonds is 3. The fourth-order valence-corrected chi connectivity index (χ4v) is 0.726. The van der Waals surface area contributed by atoms with E-state index in [9.17, 15) is 0 Å². The van der Waals surface area contributed by atoms with Crippen molar-refractivity contribution >= 4 is 7.32 Å². The van der Waals surface area contributed by atoms with E-state index in [4.69, 9.17) is 30.7 Å². The molecule has 6 N–H and O–H groups in total. The van der Waals surface area contributed by atoms with Crippen molar-refractivity contribution in [2.24, 2.45) is 0 Å². The summed E-state index contributed by atoms with van der Waals surface area (Å²) >= 11 is 0. The van der Waals surface area contributed by atoms with Crippen LogP contribution in [0.4, 0.5) is 0 Å². The summed E-state index contributed by atoms with van der Waals surface area (Å²) in [5.41, 5.74) is 0. The van der Waals surface area contributed by atoms with Crippen LogP contribution in [-0.4, -0.2) is 80.6 Å². The fraction of sp³-hybridized carbons (Fsp3) is 1.00. The highest BCUT2D eigenvalue weighted by atomic mass is 16.6. The molecule has 0 saturated carbocycles. The molecule has 0 bridgehead atoms. The molecule has 86 valence electrons. The van der Waals surface area contributed by atoms with Crippen LogP contribution in [0.5, 0.6) is 0 Å². The van der Waals surface area contributed by atoms with E-state index >= 15 is 0 Å². The highest BCUT2D eigenvalue weighted by Crippen LogP contribution is 1.97. The smallest absolute Gasteiger partial charge is 0.402 e. The van der Waals surface area contributed by atoms with Gasteiger partial charge in [-0.2, -0.15) is 15.2 Å². The second-order valence-electron chi connectivity index (χ2n) is 2.41. The first-order valence-electron chi connectivity index (χ1n) is 3.49. The van der Waals surface area contributed by atoms with Gasteiger partial charge < -0.3 is 30.7 Å². The maximum atomic E-state index is 8.78. The molecule has 0 aromatic heterocycles. The molecule has 0 aliphatic rings. The summed E-state index contributed by atoms with van der Waals surface area (Å²) < 4.78 is 0. The highest BCUT2D eigenvalue weighted by Gasteiger charge is 2.20. The van der Waals surface area contributed by atoms with Gasteiger partial charge in [-0.3, -0.25) is 0 Å². The van der Waals surface area contributed by atoms with Gasteiger partial charge in [0.2, 0.25) is 0 Å². The molecule has 0 amide bonds. The minimum atomic E-state index is -2.17. The minimum absolute atomic E-state index is 0.667. The van der Waals surface area contributed by atoms with Crippen molar-refractivity contribution in [3.63, 3.8) is 0 Å². The second kappa shape index (κ2) is 8.05. The third kappa shape index (κ3) is 9.79. The Balaban J connectivity index is 0. The van der Waals surface area contributed by atoms with Gasteiger partial charge >= 0.3 is 7.32 Å². The van der Waals surface area contributed by atoms with Crippen LogP contribution < -0.4 is 0 Å². The molecule has 0 rings (SSSR count). The third-order valence-corrected chi connectivity index (χ3v) is 1.00. The second-order valence-corrected chi connectivity index (χ2v) is 2.41. The topological polar surface area (TPSA) is 131 Å². The molecule has 0 aliphatic carbocycles. The third-order valence-electron chi connectivity index (χ3n) is 1.00. The zero-order valence-electron chi connectivity index (χ0n) is 8.18. The van der Waals surface area contributed by atoms with Gasteiger partial charge in [-0.1, -0.05) is 0 Å². The quantitative estimate of drug-likeness (QED) is 0.167. The van der Waals surface area contributed by atoms with Crippen molar-refractivity contribution in [2.45, 2.75) is 6.29 Å². The van der Waals surface area contributed by atoms with Crippen molar-refractivity contribution in [3.05, 3.63) is 0 Å². The van der Waals surface area contributed by atoms with Crippen molar-refractivity contribution in [3.8, 4) is 0 Å². The molecule has 10 heteroatoms. The van der Waals surface area contributed by atoms with Crippen molar-refractivity contribution in [2.75, 3.05) is 21.1 Å². The van der Waals surface area contributed by atoms with Gasteiger partial charge in [0, 0.05) is 21.1 Å². The predicted octanol–water partition coefficient (Wildman–Crippen LogP) is -2.82. The molecule has 0 heterocycles. The highest BCUT2D eigenvalue weighted by molar-refractivity contribution is 6.30. The average molecular weight is 213 g/mol. The SMILES string of the molecule is CN(O)C(N(C)O)N(C)O.OB(O)O. The lowest BCUT2D eigenvalue weighted by atomic mass is 10.3. The Labute approximate surface area is 81.7 Å². The number of hydrogen-bond acceptors (Lipinski definition) is 9. The van der Waals surface area contributed by atoms with Crippen LogP contribution in [0.15, 0.2) is 0 Å². The van der Waals surface area contributed by atoms with Crippen molar-refractivity contribution in [1.29, 1.82) is 0 Å². The molecular formula is C4H16BN3O6. The molecule has 0 aromatic carbocycles. The van der Waals surface area contributed by atoms with E-state index in [0.29, 0.717) is 15.2 Å². The fourth-order valence-electron chi connectivity index (χ4n) is 0.726. The first-order chi connectivity index (χ1) is 6.20. The van der Waals surface area contributed by atoms with E-state index < -0.39 is 13.6 Å². The van der Waals surface area contributed by atoms with Gasteiger partial charge in [0.05, 0.1) is 0 Å². The van der Waals surface area contributed by atoms with Crippen LogP contribution in [0.3, 0.4) is 0 Å². The lowest BCUT2D eigenvalue weighted by Crippen LogP contribution is -2.51. The lowest BCUT2D eigenvalue weighted by Gasteiger charge is -2.30. The minimum Gasteiger partial charge on any atom is -0.402 e. The Hall–Kier alpha value is -0.295. The maximum Gasteiger partial charge on any atom is 0.631 e. The van der Waals surface area contributed by atoms with E-state index in [1.165, 1.54) is 21.1 Å². The van der Waals surface area contributed by atoms with E-state index in [1.807, 2.05) is 0 Å². The summed E-state index contributed by atoms with van der Waals surface area (Å²) in [4.78, 5) is 0. The van der Waals surface area contributed by atoms with Crippen molar-refractivity contribution < 1.29 is 30.7 Å². The van der Waals surface area contributed by atoms with Gasteiger partial charge in [0.15, 0.2) is 6.29 Å². The number of hydrogen-bond donors (Lipinski definition) is 6. The summed E-state index contributed by atoms with van der Waals surface area (Å²) in [6, 6.07) is 0. The summed E-state index contributed by atoms with van der Waals surface area (Å²) in [7, 11) is 1.76. The standard InChI is InChI=1S/C4H13N3O3.BH3O3/c1-5(8)4(6(2)9)7(3)10;2-1(3)4/h4,8-10H,1-3H3;2-4H. The molecule has 0 atom stereocenters. The van der Waals surface area contributed by atoms with Crippen LogP contribution in [0.25, 0.3) is 0 Å². The Morgan fingerprint density at radius 2 is 0.929 bits per heavy atom. The Bertz CT molecular complexity index is 112. The lowest BCUT2D eigenvalue weighted by molar-refractivity contribution is -0.330. The van der Waals surface area contributed by atoms with Gasteiger partial charge in [-0.25, -0.2) is 0 Å². The van der Waals surface area contributed by atoms with Gasteiger partial charge in [0.25, 0.3) is 0 Å². The number of nitrogens with zero attached hydrogens (tertiary/aromatic N) is 3. The van der Waals surface area contributed by atoms with Crippen LogP contribution in [-0.2, 0) is 0 Å². The van der Waals surface area contributed by atoms with Crippen LogP contribution >= 0.6 is 0 Å². The predicted molar refractivity (Wildman–Crippen MR) is 44.8 cm³/mol. The molecule has 14 heavy (non-hydrogen) atoms. The maximum absolute atomic E-state index is 8.78. The normalized spacial score (nSPS) is 10.9. The molecule has 0 aromatic rings. The van der Waals surface area contributed by atoms with E-state index in [1.54, 1.807) is 0 Å². The van der Waals surface area contributed by atoms with E-state index in [2.05, 4.69) is 0 Å². The average Bonchev–Trinajstić information content (AvgIpc) is 1.80. The van der Waals surface area contributed by atoms with E-state index in [0.717, 1.165) is 0 Å². The first kappa shape index (κ1) is 16.1. The molecule has 0 fully saturated rings. The molecule has 0 aliphatic heterocycles. The van der Waals surface area contributed by atoms with Gasteiger partial charge in [-0.05, 0) is 0 Å². The summed E-state index contributed by atoms with van der Waals surface area (Å²) in [5, 5.41) is 49.8. The molecule has 0 saturated heterocycles. The molecule has 0 unspecified atom stereocenters. The Morgan fingerprint density at radius 3 is 0.929 bits per heavy atom. The Morgan fingerprint density at radius 1 is 0.786 bits per heavy atom. The monoisotopic (exact) mass is 213 g/mol. The van der Waals surface area contributed by atoms with Crippen LogP contribution in [0.1, 0.15) is 0 Å². The Kier molecular flexibility index (Phi) is 9.28. The first-order valence-corrected chi connectivity index (χ1v) is 3.49. The number of hydroxylamine groups is 6. The van der Waals surface area contributed by atoms with Crippen LogP contribution in [0.2, 0.25) is 0 Å². The molecule has 0 radical (unpaired) electrons. The summed E-state index contributed by atoms with van der Waals surface area (Å²) in [6.07, 6.45) is -0.944. The van der Waals surface area contributed by atoms with Crippen LogP contribution in [0, 0.1) is 0 Å². The molecular weight excluding hydrogens is 197 g/mol.